The Hall–Kier alpha value is -3.01. The van der Waals surface area contributed by atoms with Crippen LogP contribution in [0, 0.1) is 12.3 Å². The van der Waals surface area contributed by atoms with E-state index in [0.717, 1.165) is 21.7 Å². The predicted octanol–water partition coefficient (Wildman–Crippen LogP) is 5.57. The molecular formula is C31H45FN4O4S. The van der Waals surface area contributed by atoms with Crippen molar-refractivity contribution in [2.24, 2.45) is 5.41 Å². The van der Waals surface area contributed by atoms with Crippen LogP contribution in [0.15, 0.2) is 23.7 Å². The Balaban J connectivity index is 0.00000226. The minimum absolute atomic E-state index is 0.0520. The van der Waals surface area contributed by atoms with Crippen LogP contribution in [0.1, 0.15) is 85.4 Å². The molecule has 2 heterocycles. The summed E-state index contributed by atoms with van der Waals surface area (Å²) < 4.78 is 20.4. The number of ether oxygens (including phenoxy) is 1. The van der Waals surface area contributed by atoms with Gasteiger partial charge >= 0.3 is 0 Å². The minimum atomic E-state index is -1.88. The van der Waals surface area contributed by atoms with Gasteiger partial charge in [0.25, 0.3) is 5.91 Å². The quantitative estimate of drug-likeness (QED) is 0.399. The highest BCUT2D eigenvalue weighted by Crippen LogP contribution is 2.40. The molecule has 0 spiro atoms. The van der Waals surface area contributed by atoms with E-state index in [1.807, 2.05) is 79.1 Å². The van der Waals surface area contributed by atoms with Crippen molar-refractivity contribution >= 4 is 29.1 Å². The molecule has 4 rings (SSSR count). The summed E-state index contributed by atoms with van der Waals surface area (Å²) in [6, 6.07) is 4.32. The van der Waals surface area contributed by atoms with Crippen molar-refractivity contribution in [2.45, 2.75) is 111 Å². The Morgan fingerprint density at radius 2 is 1.90 bits per heavy atom. The van der Waals surface area contributed by atoms with Gasteiger partial charge in [0.15, 0.2) is 5.67 Å². The first kappa shape index (κ1) is 32.5. The molecule has 1 aromatic heterocycles. The molecule has 2 unspecified atom stereocenters. The molecule has 1 aliphatic heterocycles. The number of likely N-dealkylation sites (tertiary alicyclic amines) is 1. The second-order valence-electron chi connectivity index (χ2n) is 11.9. The van der Waals surface area contributed by atoms with E-state index in [0.29, 0.717) is 25.1 Å². The summed E-state index contributed by atoms with van der Waals surface area (Å²) >= 11 is 1.57. The Morgan fingerprint density at radius 3 is 2.46 bits per heavy atom. The third-order valence-corrected chi connectivity index (χ3v) is 8.19. The average molecular weight is 589 g/mol. The third-order valence-electron chi connectivity index (χ3n) is 7.21. The maximum absolute atomic E-state index is 14.4. The van der Waals surface area contributed by atoms with E-state index in [2.05, 4.69) is 15.6 Å². The topological polar surface area (TPSA) is 101 Å². The van der Waals surface area contributed by atoms with Gasteiger partial charge in [-0.1, -0.05) is 46.8 Å². The Kier molecular flexibility index (Phi) is 10.6. The van der Waals surface area contributed by atoms with Crippen LogP contribution in [0.2, 0.25) is 0 Å². The number of aryl methyl sites for hydroxylation is 1. The van der Waals surface area contributed by atoms with Crippen LogP contribution in [-0.4, -0.2) is 58.0 Å². The fourth-order valence-corrected chi connectivity index (χ4v) is 5.60. The first-order chi connectivity index (χ1) is 19.3. The second-order valence-corrected chi connectivity index (χ2v) is 12.8. The Morgan fingerprint density at radius 1 is 1.22 bits per heavy atom. The van der Waals surface area contributed by atoms with Gasteiger partial charge in [0, 0.05) is 18.7 Å². The van der Waals surface area contributed by atoms with E-state index >= 15 is 0 Å². The van der Waals surface area contributed by atoms with Crippen LogP contribution in [0.3, 0.4) is 0 Å². The number of alkyl halides is 1. The van der Waals surface area contributed by atoms with Gasteiger partial charge in [-0.05, 0) is 63.5 Å². The number of halogens is 1. The van der Waals surface area contributed by atoms with E-state index in [1.165, 1.54) is 4.90 Å². The molecule has 8 nitrogen and oxygen atoms in total. The monoisotopic (exact) mass is 588 g/mol. The zero-order chi connectivity index (χ0) is 30.5. The second kappa shape index (κ2) is 13.3. The third kappa shape index (κ3) is 7.84. The number of hydrogen-bond acceptors (Lipinski definition) is 6. The molecule has 2 aromatic rings. The lowest BCUT2D eigenvalue weighted by Gasteiger charge is -2.35. The van der Waals surface area contributed by atoms with Crippen LogP contribution in [-0.2, 0) is 20.9 Å². The summed E-state index contributed by atoms with van der Waals surface area (Å²) in [6.07, 6.45) is 1.49. The summed E-state index contributed by atoms with van der Waals surface area (Å²) in [5.74, 6) is -0.677. The molecule has 2 atom stereocenters. The van der Waals surface area contributed by atoms with Gasteiger partial charge in [-0.25, -0.2) is 9.37 Å². The normalized spacial score (nSPS) is 18.3. The zero-order valence-electron chi connectivity index (χ0n) is 25.6. The van der Waals surface area contributed by atoms with Crippen molar-refractivity contribution in [3.63, 3.8) is 0 Å². The standard InChI is InChI=1S/C29H39FN4O4S.C2H6/c1-17(2)38-22-14-19(23-18(3)32-16-39-23)9-10-20(22)15-31-25(35)21-8-7-13-34(21)26(36)24(28(4,5)6)33-27(37)29(30)11-12-29;1-2/h9-10,14,16-17,21,24H,7-8,11-13,15H2,1-6H3,(H,31,35)(H,33,37);1-2H3. The van der Waals surface area contributed by atoms with Crippen LogP contribution in [0.4, 0.5) is 4.39 Å². The summed E-state index contributed by atoms with van der Waals surface area (Å²) in [6.45, 7) is 16.0. The molecule has 1 aliphatic carbocycles. The predicted molar refractivity (Wildman–Crippen MR) is 160 cm³/mol. The molecule has 0 bridgehead atoms. The first-order valence-corrected chi connectivity index (χ1v) is 15.5. The zero-order valence-corrected chi connectivity index (χ0v) is 26.4. The highest BCUT2D eigenvalue weighted by Gasteiger charge is 2.53. The molecule has 2 fully saturated rings. The SMILES string of the molecule is CC.Cc1ncsc1-c1ccc(CNC(=O)C2CCCN2C(=O)C(NC(=O)C2(F)CC2)C(C)(C)C)c(OC(C)C)c1. The molecule has 10 heteroatoms. The lowest BCUT2D eigenvalue weighted by atomic mass is 9.85. The van der Waals surface area contributed by atoms with Crippen molar-refractivity contribution in [1.82, 2.24) is 20.5 Å². The summed E-state index contributed by atoms with van der Waals surface area (Å²) in [7, 11) is 0. The van der Waals surface area contributed by atoms with Gasteiger partial charge < -0.3 is 20.3 Å². The average Bonchev–Trinajstić information content (AvgIpc) is 3.28. The van der Waals surface area contributed by atoms with Gasteiger partial charge in [0.1, 0.15) is 17.8 Å². The van der Waals surface area contributed by atoms with E-state index < -0.39 is 29.1 Å². The van der Waals surface area contributed by atoms with Gasteiger partial charge in [-0.3, -0.25) is 14.4 Å². The van der Waals surface area contributed by atoms with Crippen molar-refractivity contribution in [3.05, 3.63) is 35.0 Å². The fraction of sp³-hybridized carbons (Fsp3) is 0.613. The van der Waals surface area contributed by atoms with Crippen molar-refractivity contribution in [1.29, 1.82) is 0 Å². The van der Waals surface area contributed by atoms with Gasteiger partial charge in [0.2, 0.25) is 11.8 Å². The molecule has 2 N–H and O–H groups in total. The number of aromatic nitrogens is 1. The smallest absolute Gasteiger partial charge is 0.258 e. The van der Waals surface area contributed by atoms with Crippen LogP contribution < -0.4 is 15.4 Å². The van der Waals surface area contributed by atoms with E-state index in [-0.39, 0.29) is 37.3 Å². The molecule has 226 valence electrons. The number of rotatable bonds is 9. The Bertz CT molecular complexity index is 1230. The van der Waals surface area contributed by atoms with Gasteiger partial charge in [0.05, 0.1) is 22.2 Å². The van der Waals surface area contributed by atoms with Crippen LogP contribution >= 0.6 is 11.3 Å². The number of carbonyl (C=O) groups excluding carboxylic acids is 3. The molecule has 0 radical (unpaired) electrons. The molecule has 1 saturated carbocycles. The first-order valence-electron chi connectivity index (χ1n) is 14.6. The summed E-state index contributed by atoms with van der Waals surface area (Å²) in [5.41, 5.74) is 2.07. The minimum Gasteiger partial charge on any atom is -0.491 e. The van der Waals surface area contributed by atoms with Crippen LogP contribution in [0.25, 0.3) is 10.4 Å². The molecule has 41 heavy (non-hydrogen) atoms. The van der Waals surface area contributed by atoms with Gasteiger partial charge in [-0.2, -0.15) is 0 Å². The van der Waals surface area contributed by atoms with E-state index in [1.54, 1.807) is 11.3 Å². The number of nitrogens with zero attached hydrogens (tertiary/aromatic N) is 2. The largest absolute Gasteiger partial charge is 0.491 e. The molecule has 1 aromatic carbocycles. The molecule has 1 saturated heterocycles. The van der Waals surface area contributed by atoms with Crippen molar-refractivity contribution in [3.8, 4) is 16.2 Å². The lowest BCUT2D eigenvalue weighted by molar-refractivity contribution is -0.144. The van der Waals surface area contributed by atoms with Gasteiger partial charge in [-0.15, -0.1) is 11.3 Å². The van der Waals surface area contributed by atoms with Crippen LogP contribution in [0.5, 0.6) is 5.75 Å². The number of carbonyl (C=O) groups is 3. The summed E-state index contributed by atoms with van der Waals surface area (Å²) in [5, 5.41) is 5.63. The summed E-state index contributed by atoms with van der Waals surface area (Å²) in [4.78, 5) is 46.3. The maximum atomic E-state index is 14.4. The van der Waals surface area contributed by atoms with E-state index in [9.17, 15) is 18.8 Å². The lowest BCUT2D eigenvalue weighted by Crippen LogP contribution is -2.58. The number of benzene rings is 1. The molecule has 3 amide bonds. The fourth-order valence-electron chi connectivity index (χ4n) is 4.80. The Labute approximate surface area is 247 Å². The molecular weight excluding hydrogens is 543 g/mol. The van der Waals surface area contributed by atoms with Crippen molar-refractivity contribution in [2.75, 3.05) is 6.54 Å². The molecule has 2 aliphatic rings. The number of thiazole rings is 1. The van der Waals surface area contributed by atoms with Crippen molar-refractivity contribution < 1.29 is 23.5 Å². The number of nitrogens with one attached hydrogen (secondary N) is 2. The number of amides is 3. The highest BCUT2D eigenvalue weighted by atomic mass is 32.1. The maximum Gasteiger partial charge on any atom is 0.258 e. The number of hydrogen-bond donors (Lipinski definition) is 2. The highest BCUT2D eigenvalue weighted by molar-refractivity contribution is 7.13. The van der Waals surface area contributed by atoms with E-state index in [4.69, 9.17) is 4.74 Å².